The van der Waals surface area contributed by atoms with Crippen LogP contribution in [0.4, 0.5) is 10.6 Å². The quantitative estimate of drug-likeness (QED) is 0.412. The topological polar surface area (TPSA) is 163 Å². The molecule has 0 aromatic carbocycles. The molecule has 0 saturated carbocycles. The van der Waals surface area contributed by atoms with Crippen molar-refractivity contribution < 1.29 is 24.0 Å². The predicted octanol–water partition coefficient (Wildman–Crippen LogP) is 2.89. The molecule has 194 valence electrons. The average Bonchev–Trinajstić information content (AvgIpc) is 3.33. The number of hydrogen-bond donors (Lipinski definition) is 3. The molecule has 0 aliphatic carbocycles. The second-order valence-corrected chi connectivity index (χ2v) is 9.84. The summed E-state index contributed by atoms with van der Waals surface area (Å²) in [7, 11) is 0. The van der Waals surface area contributed by atoms with Gasteiger partial charge in [0, 0.05) is 19.0 Å². The van der Waals surface area contributed by atoms with Gasteiger partial charge >= 0.3 is 6.09 Å². The van der Waals surface area contributed by atoms with Crippen molar-refractivity contribution in [3.63, 3.8) is 0 Å². The van der Waals surface area contributed by atoms with Crippen molar-refractivity contribution >= 4 is 22.9 Å². The highest BCUT2D eigenvalue weighted by atomic mass is 16.6. The van der Waals surface area contributed by atoms with E-state index in [-0.39, 0.29) is 17.6 Å². The van der Waals surface area contributed by atoms with E-state index in [1.54, 1.807) is 20.0 Å². The second-order valence-electron chi connectivity index (χ2n) is 9.84. The highest BCUT2D eigenvalue weighted by Gasteiger charge is 2.24. The van der Waals surface area contributed by atoms with Crippen LogP contribution in [0.25, 0.3) is 22.6 Å². The van der Waals surface area contributed by atoms with E-state index in [0.717, 1.165) is 0 Å². The number of nitrogens with one attached hydrogen (secondary N) is 1. The van der Waals surface area contributed by atoms with Crippen molar-refractivity contribution in [2.75, 3.05) is 12.3 Å². The Morgan fingerprint density at radius 1 is 1.31 bits per heavy atom. The summed E-state index contributed by atoms with van der Waals surface area (Å²) in [5, 5.41) is 20.4. The molecule has 1 amide bonds. The summed E-state index contributed by atoms with van der Waals surface area (Å²) in [5.41, 5.74) is 5.89. The van der Waals surface area contributed by atoms with Gasteiger partial charge < -0.3 is 30.2 Å². The number of carbonyl (C=O) groups excluding carboxylic acids is 1. The number of hydrogen-bond acceptors (Lipinski definition) is 10. The van der Waals surface area contributed by atoms with Gasteiger partial charge in [0.05, 0.1) is 12.8 Å². The standard InChI is InChI=1S/C24H33N7O5/c1-8-31-19-16(34-12-10-14(2)27-22(32)35-23(3,4)5)13-26-15(9-11-24(6,7)33)17(19)28-21(31)18-20(25)30-36-29-18/h13-14,33H,8,10,12H2,1-7H3,(H2,25,30)(H,27,32)/t14-/m0/s1. The molecule has 0 spiro atoms. The maximum Gasteiger partial charge on any atom is 0.407 e. The van der Waals surface area contributed by atoms with E-state index >= 15 is 0 Å². The Labute approximate surface area is 209 Å². The fourth-order valence-corrected chi connectivity index (χ4v) is 3.29. The van der Waals surface area contributed by atoms with Gasteiger partial charge in [0.15, 0.2) is 23.1 Å². The zero-order chi connectivity index (χ0) is 26.7. The van der Waals surface area contributed by atoms with Crippen LogP contribution < -0.4 is 15.8 Å². The lowest BCUT2D eigenvalue weighted by Crippen LogP contribution is -2.38. The molecule has 36 heavy (non-hydrogen) atoms. The summed E-state index contributed by atoms with van der Waals surface area (Å²) in [5.74, 6) is 6.66. The first kappa shape index (κ1) is 26.7. The molecule has 4 N–H and O–H groups in total. The molecule has 3 rings (SSSR count). The van der Waals surface area contributed by atoms with E-state index in [2.05, 4.69) is 37.4 Å². The smallest absolute Gasteiger partial charge is 0.407 e. The number of ether oxygens (including phenoxy) is 2. The number of nitrogens with two attached hydrogens (primary N) is 1. The van der Waals surface area contributed by atoms with Crippen LogP contribution in [0.1, 0.15) is 60.6 Å². The molecule has 0 unspecified atom stereocenters. The predicted molar refractivity (Wildman–Crippen MR) is 133 cm³/mol. The minimum Gasteiger partial charge on any atom is -0.490 e. The number of alkyl carbamates (subject to hydrolysis) is 1. The maximum absolute atomic E-state index is 12.0. The minimum absolute atomic E-state index is 0.0987. The van der Waals surface area contributed by atoms with Crippen molar-refractivity contribution in [2.45, 2.75) is 78.7 Å². The first-order valence-corrected chi connectivity index (χ1v) is 11.6. The van der Waals surface area contributed by atoms with Gasteiger partial charge in [-0.1, -0.05) is 5.92 Å². The second kappa shape index (κ2) is 10.4. The molecule has 0 radical (unpaired) electrons. The number of aromatic nitrogens is 5. The van der Waals surface area contributed by atoms with Crippen LogP contribution >= 0.6 is 0 Å². The fraction of sp³-hybridized carbons (Fsp3) is 0.542. The van der Waals surface area contributed by atoms with Gasteiger partial charge in [-0.25, -0.2) is 19.4 Å². The summed E-state index contributed by atoms with van der Waals surface area (Å²) in [4.78, 5) is 21.1. The maximum atomic E-state index is 12.0. The Morgan fingerprint density at radius 3 is 2.61 bits per heavy atom. The molecule has 12 nitrogen and oxygen atoms in total. The van der Waals surface area contributed by atoms with Gasteiger partial charge in [0.2, 0.25) is 0 Å². The van der Waals surface area contributed by atoms with Crippen molar-refractivity contribution in [1.82, 2.24) is 30.2 Å². The molecular formula is C24H33N7O5. The van der Waals surface area contributed by atoms with Crippen LogP contribution in [0.5, 0.6) is 5.75 Å². The Balaban J connectivity index is 1.92. The number of aryl methyl sites for hydroxylation is 1. The van der Waals surface area contributed by atoms with Gasteiger partial charge in [0.1, 0.15) is 27.9 Å². The van der Waals surface area contributed by atoms with E-state index in [1.807, 2.05) is 39.2 Å². The third-order valence-electron chi connectivity index (χ3n) is 4.84. The Hall–Kier alpha value is -3.85. The summed E-state index contributed by atoms with van der Waals surface area (Å²) in [6.45, 7) is 13.2. The molecule has 0 fully saturated rings. The van der Waals surface area contributed by atoms with Crippen molar-refractivity contribution in [2.24, 2.45) is 0 Å². The number of amides is 1. The number of aliphatic hydroxyl groups is 1. The zero-order valence-corrected chi connectivity index (χ0v) is 21.7. The summed E-state index contributed by atoms with van der Waals surface area (Å²) in [6, 6.07) is -0.187. The van der Waals surface area contributed by atoms with Gasteiger partial charge in [-0.05, 0) is 64.7 Å². The van der Waals surface area contributed by atoms with Gasteiger partial charge in [-0.2, -0.15) is 0 Å². The highest BCUT2D eigenvalue weighted by Crippen LogP contribution is 2.33. The first-order valence-electron chi connectivity index (χ1n) is 11.6. The number of rotatable bonds is 7. The first-order chi connectivity index (χ1) is 16.8. The van der Waals surface area contributed by atoms with Crippen LogP contribution in [0, 0.1) is 11.8 Å². The monoisotopic (exact) mass is 499 g/mol. The molecular weight excluding hydrogens is 466 g/mol. The van der Waals surface area contributed by atoms with Crippen molar-refractivity contribution in [3.05, 3.63) is 11.9 Å². The van der Waals surface area contributed by atoms with Gasteiger partial charge in [-0.15, -0.1) is 0 Å². The summed E-state index contributed by atoms with van der Waals surface area (Å²) < 4.78 is 18.0. The van der Waals surface area contributed by atoms with E-state index in [1.165, 1.54) is 0 Å². The number of carbonyl (C=O) groups is 1. The van der Waals surface area contributed by atoms with Crippen LogP contribution in [-0.2, 0) is 11.3 Å². The average molecular weight is 500 g/mol. The molecule has 0 aliphatic rings. The Morgan fingerprint density at radius 2 is 2.03 bits per heavy atom. The number of nitrogen functional groups attached to an aromatic ring is 1. The summed E-state index contributed by atoms with van der Waals surface area (Å²) in [6.07, 6.45) is 1.60. The SMILES string of the molecule is CCn1c(-c2nonc2N)nc2c(C#CC(C)(C)O)ncc(OCC[C@H](C)NC(=O)OC(C)(C)C)c21. The number of imidazole rings is 1. The van der Waals surface area contributed by atoms with Crippen molar-refractivity contribution in [1.29, 1.82) is 0 Å². The lowest BCUT2D eigenvalue weighted by atomic mass is 10.1. The van der Waals surface area contributed by atoms with Crippen LogP contribution in [0.2, 0.25) is 0 Å². The van der Waals surface area contributed by atoms with Crippen molar-refractivity contribution in [3.8, 4) is 29.1 Å². The third-order valence-corrected chi connectivity index (χ3v) is 4.84. The number of anilines is 1. The largest absolute Gasteiger partial charge is 0.490 e. The molecule has 0 bridgehead atoms. The minimum atomic E-state index is -1.21. The number of pyridine rings is 1. The number of fused-ring (bicyclic) bond motifs is 1. The van der Waals surface area contributed by atoms with E-state index in [0.29, 0.717) is 47.9 Å². The Bertz CT molecular complexity index is 1290. The molecule has 1 atom stereocenters. The van der Waals surface area contributed by atoms with E-state index in [4.69, 9.17) is 19.8 Å². The zero-order valence-electron chi connectivity index (χ0n) is 21.7. The lowest BCUT2D eigenvalue weighted by molar-refractivity contribution is 0.0503. The molecule has 0 aliphatic heterocycles. The third kappa shape index (κ3) is 6.63. The van der Waals surface area contributed by atoms with Crippen LogP contribution in [-0.4, -0.2) is 59.9 Å². The fourth-order valence-electron chi connectivity index (χ4n) is 3.29. The molecule has 0 saturated heterocycles. The van der Waals surface area contributed by atoms with Crippen LogP contribution in [0.3, 0.4) is 0 Å². The van der Waals surface area contributed by atoms with E-state index < -0.39 is 17.3 Å². The molecule has 3 aromatic heterocycles. The Kier molecular flexibility index (Phi) is 7.74. The normalized spacial score (nSPS) is 12.7. The number of nitrogens with zero attached hydrogens (tertiary/aromatic N) is 5. The molecule has 3 aromatic rings. The molecule has 12 heteroatoms. The molecule has 3 heterocycles. The van der Waals surface area contributed by atoms with E-state index in [9.17, 15) is 9.90 Å². The van der Waals surface area contributed by atoms with Gasteiger partial charge in [-0.3, -0.25) is 0 Å². The van der Waals surface area contributed by atoms with Crippen LogP contribution in [0.15, 0.2) is 10.8 Å². The summed E-state index contributed by atoms with van der Waals surface area (Å²) >= 11 is 0. The lowest BCUT2D eigenvalue weighted by Gasteiger charge is -2.22. The van der Waals surface area contributed by atoms with Gasteiger partial charge in [0.25, 0.3) is 0 Å². The highest BCUT2D eigenvalue weighted by molar-refractivity contribution is 5.89.